The monoisotopic (exact) mass is 411 g/mol. The number of aryl methyl sites for hydroxylation is 1. The number of nitrogens with zero attached hydrogens (tertiary/aromatic N) is 4. The Morgan fingerprint density at radius 3 is 2.68 bits per heavy atom. The van der Waals surface area contributed by atoms with Crippen LogP contribution in [0.1, 0.15) is 34.2 Å². The molecule has 1 N–H and O–H groups in total. The lowest BCUT2D eigenvalue weighted by molar-refractivity contribution is 0.102. The molecule has 4 aromatic rings. The highest BCUT2D eigenvalue weighted by atomic mass is 16.1. The molecule has 1 amide bonds. The standard InChI is InChI=1S/C25H25N5O/c1-3-29-14-13-22-20(16-29)24(19-11-7-8-12-21(19)26-22)25(31)27-23-15-17(2)28-30(23)18-9-5-4-6-10-18/h4-12,15H,3,13-14,16H2,1-2H3,(H,27,31). The van der Waals surface area contributed by atoms with Gasteiger partial charge < -0.3 is 5.32 Å². The average molecular weight is 412 g/mol. The normalized spacial score (nSPS) is 13.9. The van der Waals surface area contributed by atoms with Gasteiger partial charge in [0.15, 0.2) is 0 Å². The van der Waals surface area contributed by atoms with Gasteiger partial charge in [-0.25, -0.2) is 4.68 Å². The molecule has 0 unspecified atom stereocenters. The second-order valence-electron chi connectivity index (χ2n) is 7.92. The van der Waals surface area contributed by atoms with Gasteiger partial charge in [0.05, 0.1) is 22.5 Å². The van der Waals surface area contributed by atoms with Gasteiger partial charge in [-0.05, 0) is 31.7 Å². The molecule has 2 aromatic carbocycles. The maximum Gasteiger partial charge on any atom is 0.257 e. The molecule has 0 aliphatic carbocycles. The lowest BCUT2D eigenvalue weighted by atomic mass is 9.95. The minimum atomic E-state index is -0.120. The van der Waals surface area contributed by atoms with Gasteiger partial charge in [-0.2, -0.15) is 5.10 Å². The van der Waals surface area contributed by atoms with Gasteiger partial charge >= 0.3 is 0 Å². The van der Waals surface area contributed by atoms with Crippen molar-refractivity contribution in [2.45, 2.75) is 26.8 Å². The SMILES string of the molecule is CCN1CCc2nc3ccccc3c(C(=O)Nc3cc(C)nn3-c3ccccc3)c2C1. The number of nitrogens with one attached hydrogen (secondary N) is 1. The van der Waals surface area contributed by atoms with Crippen molar-refractivity contribution >= 4 is 22.6 Å². The van der Waals surface area contributed by atoms with E-state index >= 15 is 0 Å². The summed E-state index contributed by atoms with van der Waals surface area (Å²) in [6.07, 6.45) is 0.856. The summed E-state index contributed by atoms with van der Waals surface area (Å²) >= 11 is 0. The molecule has 0 saturated carbocycles. The molecule has 156 valence electrons. The molecular formula is C25H25N5O. The highest BCUT2D eigenvalue weighted by Gasteiger charge is 2.26. The molecule has 0 saturated heterocycles. The molecule has 0 spiro atoms. The van der Waals surface area contributed by atoms with Crippen LogP contribution in [0.15, 0.2) is 60.7 Å². The molecular weight excluding hydrogens is 386 g/mol. The van der Waals surface area contributed by atoms with Crippen LogP contribution in [0.25, 0.3) is 16.6 Å². The van der Waals surface area contributed by atoms with Crippen LogP contribution in [-0.2, 0) is 13.0 Å². The minimum Gasteiger partial charge on any atom is -0.306 e. The predicted molar refractivity (Wildman–Crippen MR) is 123 cm³/mol. The van der Waals surface area contributed by atoms with Gasteiger partial charge in [-0.1, -0.05) is 43.3 Å². The lowest BCUT2D eigenvalue weighted by Crippen LogP contribution is -2.33. The van der Waals surface area contributed by atoms with E-state index in [0.29, 0.717) is 5.82 Å². The molecule has 3 heterocycles. The maximum absolute atomic E-state index is 13.7. The Bertz CT molecular complexity index is 1260. The fourth-order valence-corrected chi connectivity index (χ4v) is 4.31. The summed E-state index contributed by atoms with van der Waals surface area (Å²) in [7, 11) is 0. The Labute approximate surface area is 181 Å². The van der Waals surface area contributed by atoms with Crippen LogP contribution in [0, 0.1) is 6.92 Å². The van der Waals surface area contributed by atoms with Crippen LogP contribution in [0.5, 0.6) is 0 Å². The first kappa shape index (κ1) is 19.5. The molecule has 31 heavy (non-hydrogen) atoms. The van der Waals surface area contributed by atoms with Gasteiger partial charge in [0, 0.05) is 42.2 Å². The van der Waals surface area contributed by atoms with Crippen molar-refractivity contribution in [2.75, 3.05) is 18.4 Å². The van der Waals surface area contributed by atoms with E-state index in [1.165, 1.54) is 0 Å². The predicted octanol–water partition coefficient (Wildman–Crippen LogP) is 4.36. The first-order valence-electron chi connectivity index (χ1n) is 10.7. The first-order valence-corrected chi connectivity index (χ1v) is 10.7. The van der Waals surface area contributed by atoms with Crippen molar-refractivity contribution in [3.8, 4) is 5.69 Å². The first-order chi connectivity index (χ1) is 15.1. The summed E-state index contributed by atoms with van der Waals surface area (Å²) in [6, 6.07) is 19.7. The molecule has 6 heteroatoms. The molecule has 5 rings (SSSR count). The summed E-state index contributed by atoms with van der Waals surface area (Å²) in [5.41, 5.74) is 5.40. The van der Waals surface area contributed by atoms with Crippen LogP contribution in [0.4, 0.5) is 5.82 Å². The zero-order valence-corrected chi connectivity index (χ0v) is 17.8. The Morgan fingerprint density at radius 2 is 1.87 bits per heavy atom. The zero-order valence-electron chi connectivity index (χ0n) is 17.8. The summed E-state index contributed by atoms with van der Waals surface area (Å²) in [4.78, 5) is 20.9. The quantitative estimate of drug-likeness (QED) is 0.542. The van der Waals surface area contributed by atoms with Gasteiger partial charge in [0.25, 0.3) is 5.91 Å². The number of benzene rings is 2. The third-order valence-electron chi connectivity index (χ3n) is 5.87. The van der Waals surface area contributed by atoms with Gasteiger partial charge in [0.2, 0.25) is 0 Å². The number of aromatic nitrogens is 3. The lowest BCUT2D eigenvalue weighted by Gasteiger charge is -2.29. The number of likely N-dealkylation sites (N-methyl/N-ethyl adjacent to an activating group) is 1. The number of fused-ring (bicyclic) bond motifs is 2. The van der Waals surface area contributed by atoms with E-state index in [-0.39, 0.29) is 5.91 Å². The van der Waals surface area contributed by atoms with E-state index in [1.54, 1.807) is 4.68 Å². The van der Waals surface area contributed by atoms with Crippen LogP contribution in [0.2, 0.25) is 0 Å². The summed E-state index contributed by atoms with van der Waals surface area (Å²) in [6.45, 7) is 6.74. The minimum absolute atomic E-state index is 0.120. The average Bonchev–Trinajstić information content (AvgIpc) is 3.17. The molecule has 1 aliphatic rings. The molecule has 0 bridgehead atoms. The van der Waals surface area contributed by atoms with Gasteiger partial charge in [-0.3, -0.25) is 14.7 Å². The maximum atomic E-state index is 13.7. The van der Waals surface area contributed by atoms with Gasteiger partial charge in [-0.15, -0.1) is 0 Å². The van der Waals surface area contributed by atoms with Crippen LogP contribution < -0.4 is 5.32 Å². The van der Waals surface area contributed by atoms with Crippen molar-refractivity contribution in [3.63, 3.8) is 0 Å². The molecule has 0 fully saturated rings. The van der Waals surface area contributed by atoms with Crippen LogP contribution >= 0.6 is 0 Å². The van der Waals surface area contributed by atoms with E-state index in [9.17, 15) is 4.79 Å². The van der Waals surface area contributed by atoms with Crippen molar-refractivity contribution in [1.82, 2.24) is 19.7 Å². The fourth-order valence-electron chi connectivity index (χ4n) is 4.31. The van der Waals surface area contributed by atoms with Crippen molar-refractivity contribution in [1.29, 1.82) is 0 Å². The van der Waals surface area contributed by atoms with Crippen molar-refractivity contribution in [3.05, 3.63) is 83.2 Å². The largest absolute Gasteiger partial charge is 0.306 e. The number of para-hydroxylation sites is 2. The third-order valence-corrected chi connectivity index (χ3v) is 5.87. The van der Waals surface area contributed by atoms with E-state index in [4.69, 9.17) is 4.98 Å². The Kier molecular flexibility index (Phi) is 5.00. The number of rotatable bonds is 4. The Hall–Kier alpha value is -3.51. The number of anilines is 1. The van der Waals surface area contributed by atoms with Crippen molar-refractivity contribution < 1.29 is 4.79 Å². The van der Waals surface area contributed by atoms with E-state index < -0.39 is 0 Å². The molecule has 2 aromatic heterocycles. The highest BCUT2D eigenvalue weighted by Crippen LogP contribution is 2.29. The number of carbonyl (C=O) groups excluding carboxylic acids is 1. The summed E-state index contributed by atoms with van der Waals surface area (Å²) < 4.78 is 1.78. The summed E-state index contributed by atoms with van der Waals surface area (Å²) in [5.74, 6) is 0.538. The number of hydrogen-bond donors (Lipinski definition) is 1. The van der Waals surface area contributed by atoms with Gasteiger partial charge in [0.1, 0.15) is 5.82 Å². The van der Waals surface area contributed by atoms with E-state index in [1.807, 2.05) is 67.6 Å². The zero-order chi connectivity index (χ0) is 21.4. The fraction of sp³-hybridized carbons (Fsp3) is 0.240. The number of amides is 1. The van der Waals surface area contributed by atoms with E-state index in [2.05, 4.69) is 22.2 Å². The topological polar surface area (TPSA) is 63.1 Å². The Balaban J connectivity index is 1.60. The second kappa shape index (κ2) is 7.96. The number of carbonyl (C=O) groups is 1. The summed E-state index contributed by atoms with van der Waals surface area (Å²) in [5, 5.41) is 8.61. The smallest absolute Gasteiger partial charge is 0.257 e. The molecule has 0 atom stereocenters. The molecule has 6 nitrogen and oxygen atoms in total. The second-order valence-corrected chi connectivity index (χ2v) is 7.92. The molecule has 0 radical (unpaired) electrons. The van der Waals surface area contributed by atoms with Crippen molar-refractivity contribution in [2.24, 2.45) is 0 Å². The van der Waals surface area contributed by atoms with Crippen LogP contribution in [0.3, 0.4) is 0 Å². The number of pyridine rings is 1. The van der Waals surface area contributed by atoms with E-state index in [0.717, 1.165) is 65.2 Å². The highest BCUT2D eigenvalue weighted by molar-refractivity contribution is 6.13. The third kappa shape index (κ3) is 3.59. The molecule has 1 aliphatic heterocycles. The number of hydrogen-bond acceptors (Lipinski definition) is 4. The van der Waals surface area contributed by atoms with Crippen LogP contribution in [-0.4, -0.2) is 38.7 Å². The Morgan fingerprint density at radius 1 is 1.10 bits per heavy atom.